The molecule has 0 spiro atoms. The second-order valence-corrected chi connectivity index (χ2v) is 6.04. The standard InChI is InChI=1S/C16H20N4OS.ClH/c1-11-10-12(2)19-16(18-11)22-14-7-5-13(6-8-14)20-15(21)4-3-9-17;/h5-8,10H,3-4,9,17H2,1-2H3,(H,20,21);1H. The molecule has 0 aliphatic carbocycles. The van der Waals surface area contributed by atoms with Crippen LogP contribution >= 0.6 is 24.2 Å². The molecule has 1 aromatic heterocycles. The van der Waals surface area contributed by atoms with Gasteiger partial charge < -0.3 is 11.1 Å². The molecule has 0 saturated heterocycles. The third-order valence-corrected chi connectivity index (χ3v) is 3.79. The summed E-state index contributed by atoms with van der Waals surface area (Å²) in [5, 5.41) is 3.58. The van der Waals surface area contributed by atoms with Crippen molar-refractivity contribution in [2.24, 2.45) is 5.73 Å². The molecule has 0 aliphatic rings. The number of nitrogens with zero attached hydrogens (tertiary/aromatic N) is 2. The highest BCUT2D eigenvalue weighted by Gasteiger charge is 2.04. The van der Waals surface area contributed by atoms with Gasteiger partial charge in [0.15, 0.2) is 5.16 Å². The first kappa shape index (κ1) is 19.4. The number of benzene rings is 1. The Labute approximate surface area is 146 Å². The van der Waals surface area contributed by atoms with E-state index in [9.17, 15) is 4.79 Å². The lowest BCUT2D eigenvalue weighted by atomic mass is 10.2. The highest BCUT2D eigenvalue weighted by molar-refractivity contribution is 7.99. The van der Waals surface area contributed by atoms with Gasteiger partial charge in [-0.25, -0.2) is 9.97 Å². The van der Waals surface area contributed by atoms with Crippen molar-refractivity contribution in [2.45, 2.75) is 36.7 Å². The smallest absolute Gasteiger partial charge is 0.224 e. The SMILES string of the molecule is Cc1cc(C)nc(Sc2ccc(NC(=O)CCCN)cc2)n1.Cl. The molecule has 2 rings (SSSR count). The summed E-state index contributed by atoms with van der Waals surface area (Å²) >= 11 is 1.51. The summed E-state index contributed by atoms with van der Waals surface area (Å²) < 4.78 is 0. The van der Waals surface area contributed by atoms with Crippen LogP contribution in [0.4, 0.5) is 5.69 Å². The van der Waals surface area contributed by atoms with Gasteiger partial charge in [-0.3, -0.25) is 4.79 Å². The van der Waals surface area contributed by atoms with E-state index in [1.807, 2.05) is 44.2 Å². The fourth-order valence-corrected chi connectivity index (χ4v) is 2.80. The minimum Gasteiger partial charge on any atom is -0.330 e. The van der Waals surface area contributed by atoms with E-state index in [-0.39, 0.29) is 18.3 Å². The van der Waals surface area contributed by atoms with Crippen molar-refractivity contribution >= 4 is 35.8 Å². The van der Waals surface area contributed by atoms with Crippen molar-refractivity contribution in [1.29, 1.82) is 0 Å². The Hall–Kier alpha value is -1.63. The molecule has 0 unspecified atom stereocenters. The van der Waals surface area contributed by atoms with Gasteiger partial charge in [-0.2, -0.15) is 0 Å². The third kappa shape index (κ3) is 6.56. The number of aromatic nitrogens is 2. The zero-order valence-electron chi connectivity index (χ0n) is 13.2. The van der Waals surface area contributed by atoms with E-state index in [0.29, 0.717) is 19.4 Å². The van der Waals surface area contributed by atoms with Crippen LogP contribution < -0.4 is 11.1 Å². The third-order valence-electron chi connectivity index (χ3n) is 2.92. The van der Waals surface area contributed by atoms with Crippen molar-refractivity contribution in [2.75, 3.05) is 11.9 Å². The van der Waals surface area contributed by atoms with Crippen LogP contribution in [0.15, 0.2) is 40.4 Å². The molecule has 1 heterocycles. The average Bonchev–Trinajstić information content (AvgIpc) is 2.46. The number of halogens is 1. The van der Waals surface area contributed by atoms with Crippen LogP contribution in [0.1, 0.15) is 24.2 Å². The number of aryl methyl sites for hydroxylation is 2. The second kappa shape index (κ2) is 9.50. The van der Waals surface area contributed by atoms with Gasteiger partial charge in [-0.15, -0.1) is 12.4 Å². The van der Waals surface area contributed by atoms with E-state index in [1.165, 1.54) is 11.8 Å². The summed E-state index contributed by atoms with van der Waals surface area (Å²) in [5.41, 5.74) is 8.09. The zero-order valence-corrected chi connectivity index (χ0v) is 14.8. The Balaban J connectivity index is 0.00000264. The molecule has 0 radical (unpaired) electrons. The number of anilines is 1. The van der Waals surface area contributed by atoms with Gasteiger partial charge in [0.2, 0.25) is 5.91 Å². The molecule has 0 saturated carbocycles. The van der Waals surface area contributed by atoms with Gasteiger partial charge in [0.25, 0.3) is 0 Å². The van der Waals surface area contributed by atoms with Gasteiger partial charge in [0.05, 0.1) is 0 Å². The first-order chi connectivity index (χ1) is 10.6. The monoisotopic (exact) mass is 352 g/mol. The maximum atomic E-state index is 11.6. The van der Waals surface area contributed by atoms with Gasteiger partial charge in [0, 0.05) is 28.4 Å². The maximum Gasteiger partial charge on any atom is 0.224 e. The molecule has 0 fully saturated rings. The topological polar surface area (TPSA) is 80.9 Å². The average molecular weight is 353 g/mol. The summed E-state index contributed by atoms with van der Waals surface area (Å²) in [4.78, 5) is 21.5. The first-order valence-electron chi connectivity index (χ1n) is 7.17. The van der Waals surface area contributed by atoms with Gasteiger partial charge in [0.1, 0.15) is 0 Å². The van der Waals surface area contributed by atoms with Crippen molar-refractivity contribution < 1.29 is 4.79 Å². The molecule has 23 heavy (non-hydrogen) atoms. The van der Waals surface area contributed by atoms with Gasteiger partial charge in [-0.05, 0) is 68.9 Å². The van der Waals surface area contributed by atoms with E-state index in [1.54, 1.807) is 0 Å². The van der Waals surface area contributed by atoms with E-state index in [4.69, 9.17) is 5.73 Å². The van der Waals surface area contributed by atoms with E-state index in [0.717, 1.165) is 27.1 Å². The lowest BCUT2D eigenvalue weighted by molar-refractivity contribution is -0.116. The van der Waals surface area contributed by atoms with E-state index >= 15 is 0 Å². The molecular weight excluding hydrogens is 332 g/mol. The van der Waals surface area contributed by atoms with Crippen molar-refractivity contribution in [1.82, 2.24) is 9.97 Å². The van der Waals surface area contributed by atoms with Crippen LogP contribution in [0.25, 0.3) is 0 Å². The molecule has 0 bridgehead atoms. The summed E-state index contributed by atoms with van der Waals surface area (Å²) in [6.07, 6.45) is 1.15. The largest absolute Gasteiger partial charge is 0.330 e. The quantitative estimate of drug-likeness (QED) is 0.779. The fraction of sp³-hybridized carbons (Fsp3) is 0.312. The lowest BCUT2D eigenvalue weighted by Gasteiger charge is -2.06. The summed E-state index contributed by atoms with van der Waals surface area (Å²) in [5.74, 6) is -0.0107. The molecule has 124 valence electrons. The normalized spacial score (nSPS) is 10.0. The van der Waals surface area contributed by atoms with E-state index in [2.05, 4.69) is 15.3 Å². The summed E-state index contributed by atoms with van der Waals surface area (Å²) in [6.45, 7) is 4.44. The van der Waals surface area contributed by atoms with E-state index < -0.39 is 0 Å². The van der Waals surface area contributed by atoms with Crippen LogP contribution in [0.3, 0.4) is 0 Å². The van der Waals surface area contributed by atoms with Crippen molar-refractivity contribution in [3.8, 4) is 0 Å². The molecule has 0 aliphatic heterocycles. The Morgan fingerprint density at radius 1 is 1.17 bits per heavy atom. The van der Waals surface area contributed by atoms with Gasteiger partial charge >= 0.3 is 0 Å². The second-order valence-electron chi connectivity index (χ2n) is 5.00. The molecule has 3 N–H and O–H groups in total. The Bertz CT molecular complexity index is 629. The summed E-state index contributed by atoms with van der Waals surface area (Å²) in [6, 6.07) is 9.61. The van der Waals surface area contributed by atoms with Gasteiger partial charge in [-0.1, -0.05) is 0 Å². The fourth-order valence-electron chi connectivity index (χ4n) is 1.94. The number of nitrogens with one attached hydrogen (secondary N) is 1. The van der Waals surface area contributed by atoms with Crippen LogP contribution in [0.5, 0.6) is 0 Å². The highest BCUT2D eigenvalue weighted by atomic mass is 35.5. The molecule has 2 aromatic rings. The predicted octanol–water partition coefficient (Wildman–Crippen LogP) is 3.34. The highest BCUT2D eigenvalue weighted by Crippen LogP contribution is 2.26. The number of carbonyl (C=O) groups is 1. The first-order valence-corrected chi connectivity index (χ1v) is 7.98. The number of hydrogen-bond donors (Lipinski definition) is 2. The number of nitrogens with two attached hydrogens (primary N) is 1. The number of rotatable bonds is 6. The molecule has 0 atom stereocenters. The Morgan fingerprint density at radius 3 is 2.35 bits per heavy atom. The minimum absolute atomic E-state index is 0. The molecule has 5 nitrogen and oxygen atoms in total. The number of amides is 1. The van der Waals surface area contributed by atoms with Crippen LogP contribution in [-0.2, 0) is 4.79 Å². The van der Waals surface area contributed by atoms with Crippen molar-refractivity contribution in [3.63, 3.8) is 0 Å². The van der Waals surface area contributed by atoms with Crippen LogP contribution in [-0.4, -0.2) is 22.4 Å². The molecule has 1 amide bonds. The Kier molecular flexibility index (Phi) is 8.02. The number of hydrogen-bond acceptors (Lipinski definition) is 5. The zero-order chi connectivity index (χ0) is 15.9. The molecule has 1 aromatic carbocycles. The maximum absolute atomic E-state index is 11.6. The Morgan fingerprint density at radius 2 is 1.78 bits per heavy atom. The summed E-state index contributed by atoms with van der Waals surface area (Å²) in [7, 11) is 0. The van der Waals surface area contributed by atoms with Crippen molar-refractivity contribution in [3.05, 3.63) is 41.7 Å². The number of carbonyl (C=O) groups excluding carboxylic acids is 1. The van der Waals surface area contributed by atoms with Crippen LogP contribution in [0.2, 0.25) is 0 Å². The minimum atomic E-state index is -0.0107. The molecular formula is C16H21ClN4OS. The van der Waals surface area contributed by atoms with Crippen LogP contribution in [0, 0.1) is 13.8 Å². The molecule has 7 heteroatoms. The predicted molar refractivity (Wildman–Crippen MR) is 96.2 cm³/mol. The lowest BCUT2D eigenvalue weighted by Crippen LogP contribution is -2.13.